The van der Waals surface area contributed by atoms with Crippen LogP contribution in [0.1, 0.15) is 74.1 Å². The largest absolute Gasteiger partial charge is 0.496 e. The number of fused-ring (bicyclic) bond motifs is 3. The van der Waals surface area contributed by atoms with E-state index in [-0.39, 0.29) is 66.0 Å². The molecule has 3 N–H and O–H groups in total. The maximum absolute atomic E-state index is 14.0. The van der Waals surface area contributed by atoms with Crippen molar-refractivity contribution < 1.29 is 53.4 Å². The van der Waals surface area contributed by atoms with E-state index in [1.165, 1.54) is 7.11 Å². The highest BCUT2D eigenvalue weighted by molar-refractivity contribution is 6.11. The quantitative estimate of drug-likeness (QED) is 0.154. The molecule has 0 amide bonds. The van der Waals surface area contributed by atoms with Gasteiger partial charge >= 0.3 is 5.97 Å². The van der Waals surface area contributed by atoms with Crippen molar-refractivity contribution in [3.05, 3.63) is 67.9 Å². The van der Waals surface area contributed by atoms with Crippen molar-refractivity contribution in [3.63, 3.8) is 0 Å². The Morgan fingerprint density at radius 1 is 1.12 bits per heavy atom. The summed E-state index contributed by atoms with van der Waals surface area (Å²) >= 11 is 0. The number of aliphatic hydroxyl groups is 3. The van der Waals surface area contributed by atoms with Gasteiger partial charge < -0.3 is 43.9 Å². The van der Waals surface area contributed by atoms with E-state index in [9.17, 15) is 29.7 Å². The monoisotopic (exact) mass is 772 g/mol. The summed E-state index contributed by atoms with van der Waals surface area (Å²) in [6.45, 7) is 6.31. The number of benzene rings is 2. The number of carbonyl (C=O) groups is 3. The fourth-order valence-electron chi connectivity index (χ4n) is 9.29. The van der Waals surface area contributed by atoms with Crippen molar-refractivity contribution in [1.82, 2.24) is 4.90 Å². The smallest absolute Gasteiger partial charge is 0.375 e. The normalized spacial score (nSPS) is 24.6. The molecule has 2 aromatic carbocycles. The van der Waals surface area contributed by atoms with Crippen molar-refractivity contribution in [3.8, 4) is 17.2 Å². The average Bonchev–Trinajstić information content (AvgIpc) is 3.88. The number of allylic oxidation sites excluding steroid dienone is 3. The first-order valence-electron chi connectivity index (χ1n) is 19.6. The summed E-state index contributed by atoms with van der Waals surface area (Å²) in [6, 6.07) is 5.70. The minimum atomic E-state index is -1.26. The fourth-order valence-corrected chi connectivity index (χ4v) is 9.29. The highest BCUT2D eigenvalue weighted by Gasteiger charge is 2.49. The Labute approximate surface area is 326 Å². The van der Waals surface area contributed by atoms with Crippen LogP contribution < -0.4 is 24.8 Å². The number of nitrogens with zero attached hydrogens (tertiary/aromatic N) is 2. The number of methoxy groups -OCH3 is 2. The number of aliphatic hydroxyl groups excluding tert-OH is 2. The lowest BCUT2D eigenvalue weighted by molar-refractivity contribution is -0.141. The number of likely N-dealkylation sites (tertiary alicyclic amines) is 1. The first-order valence-corrected chi connectivity index (χ1v) is 19.6. The van der Waals surface area contributed by atoms with Gasteiger partial charge in [0.15, 0.2) is 6.29 Å². The number of carbonyl (C=O) groups excluding carboxylic acids is 3. The van der Waals surface area contributed by atoms with Crippen molar-refractivity contribution in [2.45, 2.75) is 76.6 Å². The van der Waals surface area contributed by atoms with Gasteiger partial charge in [0, 0.05) is 49.7 Å². The molecule has 56 heavy (non-hydrogen) atoms. The Hall–Kier alpha value is -4.40. The molecule has 7 rings (SSSR count). The molecular weight excluding hydrogens is 720 g/mol. The molecule has 0 bridgehead atoms. The number of hydrogen-bond acceptors (Lipinski definition) is 13. The molecule has 1 saturated carbocycles. The zero-order chi connectivity index (χ0) is 39.7. The van der Waals surface area contributed by atoms with Crippen LogP contribution in [0, 0.1) is 11.8 Å². The van der Waals surface area contributed by atoms with Gasteiger partial charge in [0.05, 0.1) is 55.5 Å². The number of Topliss-reactive ketones (excluding diaryl/α,β-unsaturated/α-hetero) is 1. The number of ketones is 1. The molecule has 5 aliphatic rings. The van der Waals surface area contributed by atoms with Gasteiger partial charge in [0.25, 0.3) is 0 Å². The second-order valence-electron chi connectivity index (χ2n) is 15.4. The van der Waals surface area contributed by atoms with Crippen LogP contribution in [0.4, 0.5) is 0 Å². The minimum Gasteiger partial charge on any atom is -0.496 e. The van der Waals surface area contributed by atoms with Gasteiger partial charge in [-0.2, -0.15) is 0 Å². The molecule has 2 aromatic rings. The summed E-state index contributed by atoms with van der Waals surface area (Å²) in [5.74, 6) is -2.24. The van der Waals surface area contributed by atoms with Gasteiger partial charge in [-0.15, -0.1) is 0 Å². The molecule has 4 heterocycles. The van der Waals surface area contributed by atoms with Crippen molar-refractivity contribution in [2.75, 3.05) is 60.2 Å². The predicted octanol–water partition coefficient (Wildman–Crippen LogP) is 2.32. The molecule has 0 aromatic heterocycles. The predicted molar refractivity (Wildman–Crippen MR) is 205 cm³/mol. The number of aldehydes is 1. The highest BCUT2D eigenvalue weighted by atomic mass is 16.6. The van der Waals surface area contributed by atoms with Crippen LogP contribution in [0.25, 0.3) is 11.6 Å². The minimum absolute atomic E-state index is 0.00765. The maximum atomic E-state index is 14.0. The highest BCUT2D eigenvalue weighted by Crippen LogP contribution is 2.57. The summed E-state index contributed by atoms with van der Waals surface area (Å²) in [6.07, 6.45) is 4.83. The molecule has 4 aliphatic heterocycles. The molecule has 0 radical (unpaired) electrons. The van der Waals surface area contributed by atoms with Gasteiger partial charge in [-0.25, -0.2) is 4.79 Å². The third-order valence-corrected chi connectivity index (χ3v) is 12.3. The molecule has 13 heteroatoms. The first kappa shape index (κ1) is 39.8. The third kappa shape index (κ3) is 7.08. The van der Waals surface area contributed by atoms with Gasteiger partial charge in [-0.1, -0.05) is 17.7 Å². The Bertz CT molecular complexity index is 2080. The second-order valence-corrected chi connectivity index (χ2v) is 15.4. The van der Waals surface area contributed by atoms with E-state index in [1.807, 2.05) is 24.3 Å². The molecule has 4 atom stereocenters. The number of esters is 1. The number of rotatable bonds is 13. The molecular formula is C43H52N2O11. The second kappa shape index (κ2) is 16.6. The van der Waals surface area contributed by atoms with Crippen molar-refractivity contribution in [1.29, 1.82) is 0 Å². The van der Waals surface area contributed by atoms with Crippen LogP contribution in [-0.4, -0.2) is 110 Å². The maximum Gasteiger partial charge on any atom is 0.375 e. The van der Waals surface area contributed by atoms with Crippen LogP contribution >= 0.6 is 0 Å². The lowest BCUT2D eigenvalue weighted by Gasteiger charge is -2.42. The van der Waals surface area contributed by atoms with E-state index in [1.54, 1.807) is 21.0 Å². The topological polar surface area (TPSA) is 174 Å². The summed E-state index contributed by atoms with van der Waals surface area (Å²) in [4.78, 5) is 47.6. The summed E-state index contributed by atoms with van der Waals surface area (Å²) in [5, 5.41) is 35.6. The van der Waals surface area contributed by atoms with Gasteiger partial charge in [-0.05, 0) is 87.9 Å². The molecule has 0 spiro atoms. The lowest BCUT2D eigenvalue weighted by atomic mass is 9.71. The number of ether oxygens (including phenoxy) is 5. The van der Waals surface area contributed by atoms with Crippen molar-refractivity contribution in [2.24, 2.45) is 16.8 Å². The van der Waals surface area contributed by atoms with E-state index in [0.717, 1.165) is 55.0 Å². The summed E-state index contributed by atoms with van der Waals surface area (Å²) in [5.41, 5.74) is 1.52. The van der Waals surface area contributed by atoms with Gasteiger partial charge in [0.2, 0.25) is 5.76 Å². The molecule has 1 aliphatic carbocycles. The zero-order valence-electron chi connectivity index (χ0n) is 32.6. The lowest BCUT2D eigenvalue weighted by Crippen LogP contribution is -2.52. The third-order valence-electron chi connectivity index (χ3n) is 12.3. The van der Waals surface area contributed by atoms with E-state index >= 15 is 0 Å². The van der Waals surface area contributed by atoms with Crippen LogP contribution in [0.15, 0.2) is 40.1 Å². The van der Waals surface area contributed by atoms with Gasteiger partial charge in [-0.3, -0.25) is 14.6 Å². The molecule has 2 fully saturated rings. The van der Waals surface area contributed by atoms with Crippen LogP contribution in [0.5, 0.6) is 17.2 Å². The van der Waals surface area contributed by atoms with Crippen LogP contribution in [-0.2, 0) is 36.9 Å². The first-order chi connectivity index (χ1) is 27.1. The Morgan fingerprint density at radius 3 is 2.59 bits per heavy atom. The fraction of sp³-hybridized carbons (Fsp3) is 0.535. The Morgan fingerprint density at radius 2 is 1.91 bits per heavy atom. The van der Waals surface area contributed by atoms with E-state index in [0.29, 0.717) is 47.5 Å². The SMILES string of the molecule is CCOC(=O)C1=C(C=O)/C(=C2\C[C@H](CO)C(=O)[C@@H](c3ccc4c(c3)=CCN=4)C2)c2c(OC)c3c(c(CO)c2O1)O[C@H]([C@](C)(O)C1CCN(CCCOC)CC1)C3. The van der Waals surface area contributed by atoms with Gasteiger partial charge in [0.1, 0.15) is 34.7 Å². The molecule has 13 nitrogen and oxygen atoms in total. The Balaban J connectivity index is 1.34. The van der Waals surface area contributed by atoms with Crippen LogP contribution in [0.3, 0.4) is 0 Å². The van der Waals surface area contributed by atoms with E-state index in [2.05, 4.69) is 9.89 Å². The zero-order valence-corrected chi connectivity index (χ0v) is 32.6. The van der Waals surface area contributed by atoms with E-state index in [4.69, 9.17) is 23.7 Å². The average molecular weight is 773 g/mol. The number of piperidine rings is 1. The van der Waals surface area contributed by atoms with Crippen molar-refractivity contribution >= 4 is 29.7 Å². The summed E-state index contributed by atoms with van der Waals surface area (Å²) < 4.78 is 29.6. The standard InChI is InChI=1S/C43H52N2O11/c1-5-54-42(50)41-31(22-47)35(26-18-27(21-46)37(49)29(19-26)24-7-8-33-25(17-24)9-12-44-33)36-39(53-4)30-20-34(55-38(30)32(23-48)40(36)56-41)43(2,51)28-10-14-45(15-11-28)13-6-16-52-3/h7-9,17,22,27-29,34,46,48,51H,5-6,10-16,18-21,23H2,1-4H3/b35-26-/t27-,29-,34+,43-/m1/s1. The molecule has 300 valence electrons. The Kier molecular flexibility index (Phi) is 11.8. The molecule has 0 unspecified atom stereocenters. The van der Waals surface area contributed by atoms with E-state index < -0.39 is 42.7 Å². The summed E-state index contributed by atoms with van der Waals surface area (Å²) in [7, 11) is 3.19. The number of hydrogen-bond donors (Lipinski definition) is 3. The molecule has 1 saturated heterocycles. The van der Waals surface area contributed by atoms with Crippen LogP contribution in [0.2, 0.25) is 0 Å².